The number of carbonyl (C=O) groups is 2. The summed E-state index contributed by atoms with van der Waals surface area (Å²) < 4.78 is 0. The van der Waals surface area contributed by atoms with Gasteiger partial charge < -0.3 is 4.90 Å². The number of amides is 1. The van der Waals surface area contributed by atoms with Crippen molar-refractivity contribution in [2.75, 3.05) is 6.54 Å². The maximum absolute atomic E-state index is 13.1. The summed E-state index contributed by atoms with van der Waals surface area (Å²) in [6, 6.07) is 8.02. The van der Waals surface area contributed by atoms with Gasteiger partial charge in [0.15, 0.2) is 5.78 Å². The van der Waals surface area contributed by atoms with E-state index in [2.05, 4.69) is 32.9 Å². The molecule has 0 atom stereocenters. The van der Waals surface area contributed by atoms with E-state index in [0.717, 1.165) is 49.1 Å². The van der Waals surface area contributed by atoms with Gasteiger partial charge in [-0.3, -0.25) is 9.59 Å². The first-order chi connectivity index (χ1) is 11.9. The summed E-state index contributed by atoms with van der Waals surface area (Å²) in [6.45, 7) is 7.15. The first-order valence-electron chi connectivity index (χ1n) is 9.57. The lowest BCUT2D eigenvalue weighted by Gasteiger charge is -2.40. The lowest BCUT2D eigenvalue weighted by molar-refractivity contribution is -0.118. The molecule has 0 saturated carbocycles. The number of benzene rings is 1. The highest BCUT2D eigenvalue weighted by atomic mass is 16.2. The molecule has 0 bridgehead atoms. The first kappa shape index (κ1) is 17.9. The van der Waals surface area contributed by atoms with Crippen LogP contribution in [-0.2, 0) is 11.2 Å². The second-order valence-corrected chi connectivity index (χ2v) is 8.23. The number of aryl methyl sites for hydroxylation is 1. The second kappa shape index (κ2) is 7.15. The van der Waals surface area contributed by atoms with Crippen LogP contribution in [0.1, 0.15) is 75.2 Å². The standard InChI is InChI=1S/C22H29NO2/c1-4-5-7-16-9-11-17(12-10-16)21(25)23-13-6-8-18-19(23)14-22(2,3)15-20(18)24/h9-12H,4-8,13-15H2,1-3H3. The minimum Gasteiger partial charge on any atom is -0.312 e. The molecule has 3 nitrogen and oxygen atoms in total. The van der Waals surface area contributed by atoms with E-state index in [1.807, 2.05) is 17.0 Å². The molecule has 0 saturated heterocycles. The van der Waals surface area contributed by atoms with Gasteiger partial charge in [0.2, 0.25) is 0 Å². The highest BCUT2D eigenvalue weighted by Gasteiger charge is 2.38. The van der Waals surface area contributed by atoms with Crippen molar-refractivity contribution in [2.24, 2.45) is 5.41 Å². The number of hydrogen-bond donors (Lipinski definition) is 0. The highest BCUT2D eigenvalue weighted by Crippen LogP contribution is 2.41. The molecule has 1 aliphatic heterocycles. The van der Waals surface area contributed by atoms with E-state index < -0.39 is 0 Å². The summed E-state index contributed by atoms with van der Waals surface area (Å²) in [4.78, 5) is 27.4. The molecule has 0 unspecified atom stereocenters. The number of allylic oxidation sites excluding steroid dienone is 2. The summed E-state index contributed by atoms with van der Waals surface area (Å²) >= 11 is 0. The molecule has 1 amide bonds. The summed E-state index contributed by atoms with van der Waals surface area (Å²) in [5.41, 5.74) is 3.83. The fourth-order valence-electron chi connectivity index (χ4n) is 3.99. The van der Waals surface area contributed by atoms with Crippen LogP contribution in [-0.4, -0.2) is 23.1 Å². The van der Waals surface area contributed by atoms with Gasteiger partial charge in [0, 0.05) is 29.8 Å². The molecule has 1 aliphatic carbocycles. The van der Waals surface area contributed by atoms with Crippen molar-refractivity contribution in [1.82, 2.24) is 4.90 Å². The van der Waals surface area contributed by atoms with Crippen LogP contribution in [0.3, 0.4) is 0 Å². The molecule has 134 valence electrons. The monoisotopic (exact) mass is 339 g/mol. The van der Waals surface area contributed by atoms with E-state index in [1.54, 1.807) is 0 Å². The molecular formula is C22H29NO2. The molecule has 1 heterocycles. The molecule has 2 aliphatic rings. The fraction of sp³-hybridized carbons (Fsp3) is 0.545. The van der Waals surface area contributed by atoms with E-state index in [9.17, 15) is 9.59 Å². The van der Waals surface area contributed by atoms with E-state index in [-0.39, 0.29) is 17.1 Å². The molecule has 1 aromatic carbocycles. The third-order valence-electron chi connectivity index (χ3n) is 5.37. The Bertz CT molecular complexity index is 697. The minimum atomic E-state index is -0.0597. The molecule has 3 heteroatoms. The van der Waals surface area contributed by atoms with Crippen LogP contribution in [0, 0.1) is 5.41 Å². The average molecular weight is 339 g/mol. The smallest absolute Gasteiger partial charge is 0.258 e. The molecule has 1 aromatic rings. The minimum absolute atomic E-state index is 0.0414. The van der Waals surface area contributed by atoms with Crippen molar-refractivity contribution < 1.29 is 9.59 Å². The quantitative estimate of drug-likeness (QED) is 0.782. The van der Waals surface area contributed by atoms with Gasteiger partial charge in [0.05, 0.1) is 0 Å². The zero-order valence-electron chi connectivity index (χ0n) is 15.7. The van der Waals surface area contributed by atoms with Crippen LogP contribution in [0.2, 0.25) is 0 Å². The maximum atomic E-state index is 13.1. The van der Waals surface area contributed by atoms with Gasteiger partial charge in [0.1, 0.15) is 0 Å². The summed E-state index contributed by atoms with van der Waals surface area (Å²) in [5.74, 6) is 0.276. The van der Waals surface area contributed by atoms with Crippen LogP contribution in [0.15, 0.2) is 35.5 Å². The largest absolute Gasteiger partial charge is 0.312 e. The number of nitrogens with zero attached hydrogens (tertiary/aromatic N) is 1. The van der Waals surface area contributed by atoms with E-state index >= 15 is 0 Å². The summed E-state index contributed by atoms with van der Waals surface area (Å²) in [6.07, 6.45) is 6.53. The van der Waals surface area contributed by atoms with Crippen molar-refractivity contribution in [3.63, 3.8) is 0 Å². The first-order valence-corrected chi connectivity index (χ1v) is 9.57. The number of unbranched alkanes of at least 4 members (excludes halogenated alkanes) is 1. The van der Waals surface area contributed by atoms with Gasteiger partial charge in [-0.25, -0.2) is 0 Å². The van der Waals surface area contributed by atoms with Crippen LogP contribution < -0.4 is 0 Å². The Labute approximate surface area is 151 Å². The zero-order chi connectivity index (χ0) is 18.0. The topological polar surface area (TPSA) is 37.4 Å². The lowest BCUT2D eigenvalue weighted by atomic mass is 9.73. The SMILES string of the molecule is CCCCc1ccc(C(=O)N2CCCC3=C2CC(C)(C)CC3=O)cc1. The molecule has 3 rings (SSSR count). The molecule has 0 fully saturated rings. The highest BCUT2D eigenvalue weighted by molar-refractivity contribution is 6.01. The molecule has 0 aromatic heterocycles. The Balaban J connectivity index is 1.84. The van der Waals surface area contributed by atoms with Crippen LogP contribution in [0.4, 0.5) is 0 Å². The summed E-state index contributed by atoms with van der Waals surface area (Å²) in [5, 5.41) is 0. The number of carbonyl (C=O) groups excluding carboxylic acids is 2. The van der Waals surface area contributed by atoms with E-state index in [0.29, 0.717) is 6.42 Å². The second-order valence-electron chi connectivity index (χ2n) is 8.23. The van der Waals surface area contributed by atoms with Crippen molar-refractivity contribution in [1.29, 1.82) is 0 Å². The van der Waals surface area contributed by atoms with Crippen molar-refractivity contribution in [3.8, 4) is 0 Å². The van der Waals surface area contributed by atoms with Crippen molar-refractivity contribution in [2.45, 2.75) is 65.7 Å². The summed E-state index contributed by atoms with van der Waals surface area (Å²) in [7, 11) is 0. The third kappa shape index (κ3) is 3.86. The Kier molecular flexibility index (Phi) is 5.12. The van der Waals surface area contributed by atoms with Gasteiger partial charge in [-0.05, 0) is 55.2 Å². The molecule has 0 N–H and O–H groups in total. The van der Waals surface area contributed by atoms with Crippen LogP contribution in [0.25, 0.3) is 0 Å². The average Bonchev–Trinajstić information content (AvgIpc) is 2.58. The number of rotatable bonds is 4. The predicted molar refractivity (Wildman–Crippen MR) is 100 cm³/mol. The van der Waals surface area contributed by atoms with E-state index in [4.69, 9.17) is 0 Å². The van der Waals surface area contributed by atoms with Gasteiger partial charge in [-0.1, -0.05) is 39.3 Å². The molecule has 0 radical (unpaired) electrons. The predicted octanol–water partition coefficient (Wildman–Crippen LogP) is 4.91. The number of hydrogen-bond acceptors (Lipinski definition) is 2. The molecular weight excluding hydrogens is 310 g/mol. The van der Waals surface area contributed by atoms with E-state index in [1.165, 1.54) is 18.4 Å². The van der Waals surface area contributed by atoms with Crippen LogP contribution >= 0.6 is 0 Å². The Morgan fingerprint density at radius 2 is 1.88 bits per heavy atom. The lowest BCUT2D eigenvalue weighted by Crippen LogP contribution is -2.41. The van der Waals surface area contributed by atoms with Gasteiger partial charge >= 0.3 is 0 Å². The third-order valence-corrected chi connectivity index (χ3v) is 5.37. The maximum Gasteiger partial charge on any atom is 0.258 e. The Morgan fingerprint density at radius 1 is 1.16 bits per heavy atom. The Hall–Kier alpha value is -1.90. The Morgan fingerprint density at radius 3 is 2.56 bits per heavy atom. The number of Topliss-reactive ketones (excluding diaryl/α,β-unsaturated/α-hetero) is 1. The van der Waals surface area contributed by atoms with Gasteiger partial charge in [-0.2, -0.15) is 0 Å². The molecule has 25 heavy (non-hydrogen) atoms. The van der Waals surface area contributed by atoms with Crippen LogP contribution in [0.5, 0.6) is 0 Å². The molecule has 0 spiro atoms. The van der Waals surface area contributed by atoms with Gasteiger partial charge in [-0.15, -0.1) is 0 Å². The zero-order valence-corrected chi connectivity index (χ0v) is 15.7. The normalized spacial score (nSPS) is 19.8. The van der Waals surface area contributed by atoms with Crippen molar-refractivity contribution >= 4 is 11.7 Å². The van der Waals surface area contributed by atoms with Crippen molar-refractivity contribution in [3.05, 3.63) is 46.7 Å². The number of ketones is 1. The fourth-order valence-corrected chi connectivity index (χ4v) is 3.99. The van der Waals surface area contributed by atoms with Gasteiger partial charge in [0.25, 0.3) is 5.91 Å².